The molecule has 0 fully saturated rings. The Bertz CT molecular complexity index is 401. The number of benzene rings is 1. The Balaban J connectivity index is 3.10. The molecule has 16 heavy (non-hydrogen) atoms. The van der Waals surface area contributed by atoms with Crippen LogP contribution in [0.5, 0.6) is 5.75 Å². The Morgan fingerprint density at radius 3 is 2.50 bits per heavy atom. The van der Waals surface area contributed by atoms with Crippen LogP contribution in [-0.2, 0) is 4.79 Å². The third-order valence-electron chi connectivity index (χ3n) is 2.54. The molecular weight excluding hydrogens is 228 g/mol. The van der Waals surface area contributed by atoms with Gasteiger partial charge in [0.25, 0.3) is 0 Å². The molecule has 1 N–H and O–H groups in total. The van der Waals surface area contributed by atoms with Gasteiger partial charge < -0.3 is 9.84 Å². The highest BCUT2D eigenvalue weighted by atomic mass is 35.5. The van der Waals surface area contributed by atoms with Gasteiger partial charge in [0.2, 0.25) is 0 Å². The molecule has 88 valence electrons. The molecule has 0 aromatic heterocycles. The first-order valence-corrected chi connectivity index (χ1v) is 5.40. The van der Waals surface area contributed by atoms with Crippen molar-refractivity contribution in [2.24, 2.45) is 0 Å². The summed E-state index contributed by atoms with van der Waals surface area (Å²) in [7, 11) is 1.55. The van der Waals surface area contributed by atoms with Crippen LogP contribution >= 0.6 is 11.6 Å². The first kappa shape index (κ1) is 12.8. The van der Waals surface area contributed by atoms with Gasteiger partial charge in [0.15, 0.2) is 0 Å². The van der Waals surface area contributed by atoms with E-state index in [9.17, 15) is 4.79 Å². The maximum absolute atomic E-state index is 10.6. The molecule has 0 spiro atoms. The topological polar surface area (TPSA) is 46.5 Å². The third kappa shape index (κ3) is 2.89. The molecular formula is C12H15ClO3. The van der Waals surface area contributed by atoms with Crippen LogP contribution in [0.4, 0.5) is 0 Å². The van der Waals surface area contributed by atoms with Crippen molar-refractivity contribution in [2.75, 3.05) is 7.11 Å². The minimum absolute atomic E-state index is 0.111. The van der Waals surface area contributed by atoms with E-state index >= 15 is 0 Å². The number of carbonyl (C=O) groups is 1. The molecule has 1 aromatic rings. The molecule has 0 aliphatic carbocycles. The maximum Gasteiger partial charge on any atom is 0.305 e. The summed E-state index contributed by atoms with van der Waals surface area (Å²) in [5.41, 5.74) is 2.90. The second-order valence-corrected chi connectivity index (χ2v) is 4.27. The normalized spacial score (nSPS) is 12.2. The number of aryl methyl sites for hydroxylation is 2. The Labute approximate surface area is 100.0 Å². The number of hydrogen-bond donors (Lipinski definition) is 1. The number of ether oxygens (including phenoxy) is 1. The predicted octanol–water partition coefficient (Wildman–Crippen LogP) is 3.07. The van der Waals surface area contributed by atoms with E-state index in [1.807, 2.05) is 26.0 Å². The molecule has 0 amide bonds. The van der Waals surface area contributed by atoms with Crippen LogP contribution in [-0.4, -0.2) is 18.2 Å². The summed E-state index contributed by atoms with van der Waals surface area (Å²) in [6.07, 6.45) is -0.111. The number of hydrogen-bond acceptors (Lipinski definition) is 2. The van der Waals surface area contributed by atoms with Crippen molar-refractivity contribution in [2.45, 2.75) is 25.6 Å². The second-order valence-electron chi connectivity index (χ2n) is 3.74. The monoisotopic (exact) mass is 242 g/mol. The van der Waals surface area contributed by atoms with E-state index in [0.29, 0.717) is 5.75 Å². The van der Waals surface area contributed by atoms with Gasteiger partial charge in [0.1, 0.15) is 5.75 Å². The van der Waals surface area contributed by atoms with Crippen LogP contribution in [0.25, 0.3) is 0 Å². The number of carboxylic acids is 1. The average molecular weight is 243 g/mol. The molecule has 0 bridgehead atoms. The Morgan fingerprint density at radius 2 is 2.00 bits per heavy atom. The molecule has 0 radical (unpaired) electrons. The highest BCUT2D eigenvalue weighted by Gasteiger charge is 2.17. The van der Waals surface area contributed by atoms with Crippen LogP contribution in [0.2, 0.25) is 0 Å². The summed E-state index contributed by atoms with van der Waals surface area (Å²) in [6.45, 7) is 3.94. The van der Waals surface area contributed by atoms with Crippen LogP contribution in [0.1, 0.15) is 28.5 Å². The van der Waals surface area contributed by atoms with Crippen LogP contribution < -0.4 is 4.74 Å². The Hall–Kier alpha value is -1.22. The van der Waals surface area contributed by atoms with E-state index in [1.54, 1.807) is 7.11 Å². The van der Waals surface area contributed by atoms with E-state index < -0.39 is 11.3 Å². The number of halogens is 1. The molecule has 1 aromatic carbocycles. The zero-order valence-corrected chi connectivity index (χ0v) is 10.3. The highest BCUT2D eigenvalue weighted by Crippen LogP contribution is 2.34. The van der Waals surface area contributed by atoms with Gasteiger partial charge in [0.05, 0.1) is 18.9 Å². The first-order valence-electron chi connectivity index (χ1n) is 4.96. The molecule has 4 heteroatoms. The Morgan fingerprint density at radius 1 is 1.44 bits per heavy atom. The van der Waals surface area contributed by atoms with E-state index in [-0.39, 0.29) is 6.42 Å². The average Bonchev–Trinajstić information content (AvgIpc) is 2.20. The van der Waals surface area contributed by atoms with Crippen LogP contribution in [0, 0.1) is 13.8 Å². The fraction of sp³-hybridized carbons (Fsp3) is 0.417. The first-order chi connectivity index (χ1) is 7.45. The van der Waals surface area contributed by atoms with E-state index in [0.717, 1.165) is 16.7 Å². The number of carboxylic acid groups (broad SMARTS) is 1. The van der Waals surface area contributed by atoms with Crippen molar-refractivity contribution in [3.63, 3.8) is 0 Å². The molecule has 0 aliphatic heterocycles. The lowest BCUT2D eigenvalue weighted by Gasteiger charge is -2.14. The van der Waals surface area contributed by atoms with E-state index in [2.05, 4.69) is 0 Å². The van der Waals surface area contributed by atoms with Gasteiger partial charge in [-0.3, -0.25) is 4.79 Å². The van der Waals surface area contributed by atoms with Crippen LogP contribution in [0.15, 0.2) is 12.1 Å². The third-order valence-corrected chi connectivity index (χ3v) is 2.93. The fourth-order valence-electron chi connectivity index (χ4n) is 1.50. The number of alkyl halides is 1. The molecule has 1 unspecified atom stereocenters. The maximum atomic E-state index is 10.6. The molecule has 3 nitrogen and oxygen atoms in total. The summed E-state index contributed by atoms with van der Waals surface area (Å²) in [5, 5.41) is 8.14. The smallest absolute Gasteiger partial charge is 0.305 e. The van der Waals surface area contributed by atoms with Gasteiger partial charge in [-0.05, 0) is 31.0 Å². The van der Waals surface area contributed by atoms with Gasteiger partial charge in [0, 0.05) is 5.56 Å². The zero-order chi connectivity index (χ0) is 12.3. The standard InChI is InChI=1S/C12H15ClO3/c1-7-4-9(10(13)6-12(14)15)11(16-3)5-8(7)2/h4-5,10H,6H2,1-3H3,(H,14,15). The number of methoxy groups -OCH3 is 1. The van der Waals surface area contributed by atoms with Gasteiger partial charge >= 0.3 is 5.97 Å². The van der Waals surface area contributed by atoms with Crippen molar-refractivity contribution in [3.05, 3.63) is 28.8 Å². The molecule has 1 rings (SSSR count). The van der Waals surface area contributed by atoms with Crippen molar-refractivity contribution in [3.8, 4) is 5.75 Å². The van der Waals surface area contributed by atoms with Gasteiger partial charge in [-0.1, -0.05) is 6.07 Å². The lowest BCUT2D eigenvalue weighted by molar-refractivity contribution is -0.137. The molecule has 1 atom stereocenters. The van der Waals surface area contributed by atoms with Gasteiger partial charge in [-0.15, -0.1) is 11.6 Å². The van der Waals surface area contributed by atoms with E-state index in [4.69, 9.17) is 21.4 Å². The SMILES string of the molecule is COc1cc(C)c(C)cc1C(Cl)CC(=O)O. The van der Waals surface area contributed by atoms with Crippen molar-refractivity contribution in [1.82, 2.24) is 0 Å². The summed E-state index contributed by atoms with van der Waals surface area (Å²) >= 11 is 6.05. The summed E-state index contributed by atoms with van der Waals surface area (Å²) < 4.78 is 5.21. The van der Waals surface area contributed by atoms with Crippen LogP contribution in [0.3, 0.4) is 0 Å². The molecule has 0 saturated heterocycles. The van der Waals surface area contributed by atoms with Crippen molar-refractivity contribution in [1.29, 1.82) is 0 Å². The van der Waals surface area contributed by atoms with E-state index in [1.165, 1.54) is 0 Å². The largest absolute Gasteiger partial charge is 0.496 e. The lowest BCUT2D eigenvalue weighted by Crippen LogP contribution is -2.03. The quantitative estimate of drug-likeness (QED) is 0.826. The second kappa shape index (κ2) is 5.21. The summed E-state index contributed by atoms with van der Waals surface area (Å²) in [5.74, 6) is -0.273. The predicted molar refractivity (Wildman–Crippen MR) is 63.3 cm³/mol. The molecule has 0 saturated carbocycles. The molecule has 0 heterocycles. The zero-order valence-electron chi connectivity index (χ0n) is 9.58. The lowest BCUT2D eigenvalue weighted by atomic mass is 10.0. The number of rotatable bonds is 4. The summed E-state index contributed by atoms with van der Waals surface area (Å²) in [4.78, 5) is 10.6. The fourth-order valence-corrected chi connectivity index (χ4v) is 1.80. The van der Waals surface area contributed by atoms with Crippen molar-refractivity contribution >= 4 is 17.6 Å². The minimum atomic E-state index is -0.916. The van der Waals surface area contributed by atoms with Crippen molar-refractivity contribution < 1.29 is 14.6 Å². The summed E-state index contributed by atoms with van der Waals surface area (Å²) in [6, 6.07) is 3.76. The molecule has 0 aliphatic rings. The van der Waals surface area contributed by atoms with Gasteiger partial charge in [-0.25, -0.2) is 0 Å². The minimum Gasteiger partial charge on any atom is -0.496 e. The Kier molecular flexibility index (Phi) is 4.19. The number of aliphatic carboxylic acids is 1. The van der Waals surface area contributed by atoms with Gasteiger partial charge in [-0.2, -0.15) is 0 Å². The highest BCUT2D eigenvalue weighted by molar-refractivity contribution is 6.22.